The maximum absolute atomic E-state index is 10.7. The quantitative estimate of drug-likeness (QED) is 0.631. The number of hydrogen-bond donors (Lipinski definition) is 2. The molecule has 2 atom stereocenters. The Morgan fingerprint density at radius 1 is 1.08 bits per heavy atom. The summed E-state index contributed by atoms with van der Waals surface area (Å²) >= 11 is 0. The van der Waals surface area contributed by atoms with Crippen LogP contribution in [0, 0.1) is 11.8 Å². The SMILES string of the molecule is O=C(O)C1CC=CCCC1C(=O)O. The standard InChI is InChI=1S/C9H12O4/c10-8(11)6-4-2-1-3-5-7(6)9(12)13/h1-2,6-7H,3-5H2,(H,10,11)(H,12,13). The Labute approximate surface area is 75.9 Å². The molecule has 13 heavy (non-hydrogen) atoms. The lowest BCUT2D eigenvalue weighted by Gasteiger charge is -2.16. The summed E-state index contributed by atoms with van der Waals surface area (Å²) in [5.41, 5.74) is 0. The van der Waals surface area contributed by atoms with Crippen molar-refractivity contribution < 1.29 is 19.8 Å². The molecule has 2 N–H and O–H groups in total. The van der Waals surface area contributed by atoms with Crippen LogP contribution in [-0.4, -0.2) is 22.2 Å². The maximum atomic E-state index is 10.7. The van der Waals surface area contributed by atoms with Gasteiger partial charge in [0.2, 0.25) is 0 Å². The molecule has 0 aliphatic heterocycles. The van der Waals surface area contributed by atoms with Crippen molar-refractivity contribution in [3.05, 3.63) is 12.2 Å². The van der Waals surface area contributed by atoms with E-state index in [1.54, 1.807) is 6.08 Å². The fourth-order valence-electron chi connectivity index (χ4n) is 1.57. The minimum absolute atomic E-state index is 0.326. The molecule has 0 radical (unpaired) electrons. The van der Waals surface area contributed by atoms with Gasteiger partial charge in [-0.25, -0.2) is 0 Å². The highest BCUT2D eigenvalue weighted by atomic mass is 16.4. The molecule has 0 bridgehead atoms. The Hall–Kier alpha value is -1.32. The van der Waals surface area contributed by atoms with Gasteiger partial charge in [-0.15, -0.1) is 0 Å². The van der Waals surface area contributed by atoms with Gasteiger partial charge in [-0.3, -0.25) is 9.59 Å². The number of rotatable bonds is 2. The molecule has 1 aliphatic carbocycles. The van der Waals surface area contributed by atoms with E-state index in [9.17, 15) is 9.59 Å². The van der Waals surface area contributed by atoms with E-state index < -0.39 is 23.8 Å². The molecule has 0 spiro atoms. The van der Waals surface area contributed by atoms with Crippen LogP contribution >= 0.6 is 0 Å². The first-order valence-corrected chi connectivity index (χ1v) is 4.23. The van der Waals surface area contributed by atoms with Gasteiger partial charge in [0.25, 0.3) is 0 Å². The summed E-state index contributed by atoms with van der Waals surface area (Å²) in [5, 5.41) is 17.6. The first-order chi connectivity index (χ1) is 6.13. The smallest absolute Gasteiger partial charge is 0.307 e. The van der Waals surface area contributed by atoms with Crippen LogP contribution in [0.15, 0.2) is 12.2 Å². The number of carbonyl (C=O) groups is 2. The molecule has 4 nitrogen and oxygen atoms in total. The molecule has 0 saturated heterocycles. The average molecular weight is 184 g/mol. The first kappa shape index (κ1) is 9.77. The third kappa shape index (κ3) is 2.31. The second-order valence-corrected chi connectivity index (χ2v) is 3.17. The molecule has 4 heteroatoms. The average Bonchev–Trinajstić information content (AvgIpc) is 2.27. The Bertz CT molecular complexity index is 244. The van der Waals surface area contributed by atoms with Crippen LogP contribution in [0.5, 0.6) is 0 Å². The molecule has 0 fully saturated rings. The van der Waals surface area contributed by atoms with E-state index in [2.05, 4.69) is 0 Å². The van der Waals surface area contributed by atoms with Gasteiger partial charge in [0.15, 0.2) is 0 Å². The third-order valence-corrected chi connectivity index (χ3v) is 2.32. The van der Waals surface area contributed by atoms with Crippen molar-refractivity contribution in [1.82, 2.24) is 0 Å². The van der Waals surface area contributed by atoms with E-state index in [1.165, 1.54) is 0 Å². The molecule has 1 rings (SSSR count). The summed E-state index contributed by atoms with van der Waals surface area (Å²) in [4.78, 5) is 21.5. The van der Waals surface area contributed by atoms with Gasteiger partial charge in [-0.2, -0.15) is 0 Å². The molecular weight excluding hydrogens is 172 g/mol. The predicted molar refractivity (Wildman–Crippen MR) is 45.2 cm³/mol. The Kier molecular flexibility index (Phi) is 3.06. The van der Waals surface area contributed by atoms with E-state index in [-0.39, 0.29) is 0 Å². The van der Waals surface area contributed by atoms with E-state index in [1.807, 2.05) is 6.08 Å². The minimum atomic E-state index is -1.01. The second-order valence-electron chi connectivity index (χ2n) is 3.17. The molecule has 0 heterocycles. The van der Waals surface area contributed by atoms with Crippen molar-refractivity contribution in [2.45, 2.75) is 19.3 Å². The highest BCUT2D eigenvalue weighted by Crippen LogP contribution is 2.25. The van der Waals surface area contributed by atoms with E-state index in [4.69, 9.17) is 10.2 Å². The van der Waals surface area contributed by atoms with Crippen LogP contribution in [0.25, 0.3) is 0 Å². The first-order valence-electron chi connectivity index (χ1n) is 4.23. The lowest BCUT2D eigenvalue weighted by molar-refractivity contribution is -0.153. The zero-order valence-electron chi connectivity index (χ0n) is 7.14. The Balaban J connectivity index is 2.78. The third-order valence-electron chi connectivity index (χ3n) is 2.32. The highest BCUT2D eigenvalue weighted by Gasteiger charge is 2.32. The molecular formula is C9H12O4. The van der Waals surface area contributed by atoms with Gasteiger partial charge < -0.3 is 10.2 Å². The molecule has 0 amide bonds. The van der Waals surface area contributed by atoms with Crippen LogP contribution in [0.4, 0.5) is 0 Å². The number of carboxylic acid groups (broad SMARTS) is 2. The monoisotopic (exact) mass is 184 g/mol. The predicted octanol–water partition coefficient (Wildman–Crippen LogP) is 1.13. The van der Waals surface area contributed by atoms with E-state index in [0.717, 1.165) is 0 Å². The van der Waals surface area contributed by atoms with Crippen molar-refractivity contribution in [2.24, 2.45) is 11.8 Å². The van der Waals surface area contributed by atoms with Crippen molar-refractivity contribution in [2.75, 3.05) is 0 Å². The minimum Gasteiger partial charge on any atom is -0.481 e. The molecule has 0 aromatic heterocycles. The van der Waals surface area contributed by atoms with Gasteiger partial charge in [0, 0.05) is 0 Å². The van der Waals surface area contributed by atoms with E-state index >= 15 is 0 Å². The van der Waals surface area contributed by atoms with Crippen LogP contribution in [0.2, 0.25) is 0 Å². The fraction of sp³-hybridized carbons (Fsp3) is 0.556. The molecule has 0 aromatic carbocycles. The van der Waals surface area contributed by atoms with Crippen molar-refractivity contribution in [3.8, 4) is 0 Å². The summed E-state index contributed by atoms with van der Waals surface area (Å²) in [6, 6.07) is 0. The van der Waals surface area contributed by atoms with Crippen LogP contribution < -0.4 is 0 Å². The summed E-state index contributed by atoms with van der Waals surface area (Å²) in [6.07, 6.45) is 5.00. The zero-order valence-corrected chi connectivity index (χ0v) is 7.14. The Morgan fingerprint density at radius 2 is 1.69 bits per heavy atom. The van der Waals surface area contributed by atoms with Crippen molar-refractivity contribution in [3.63, 3.8) is 0 Å². The lowest BCUT2D eigenvalue weighted by atomic mass is 9.88. The van der Waals surface area contributed by atoms with Crippen LogP contribution in [0.1, 0.15) is 19.3 Å². The highest BCUT2D eigenvalue weighted by molar-refractivity contribution is 5.80. The molecule has 2 unspecified atom stereocenters. The largest absolute Gasteiger partial charge is 0.481 e. The van der Waals surface area contributed by atoms with Gasteiger partial charge in [0.05, 0.1) is 11.8 Å². The maximum Gasteiger partial charge on any atom is 0.307 e. The summed E-state index contributed by atoms with van der Waals surface area (Å²) in [6.45, 7) is 0. The fourth-order valence-corrected chi connectivity index (χ4v) is 1.57. The van der Waals surface area contributed by atoms with Gasteiger partial charge in [-0.05, 0) is 19.3 Å². The zero-order chi connectivity index (χ0) is 9.84. The number of allylic oxidation sites excluding steroid dienone is 2. The second kappa shape index (κ2) is 4.07. The number of carboxylic acids is 2. The molecule has 1 aliphatic rings. The van der Waals surface area contributed by atoms with E-state index in [0.29, 0.717) is 19.3 Å². The molecule has 72 valence electrons. The Morgan fingerprint density at radius 3 is 2.23 bits per heavy atom. The van der Waals surface area contributed by atoms with Gasteiger partial charge in [0.1, 0.15) is 0 Å². The van der Waals surface area contributed by atoms with Crippen molar-refractivity contribution in [1.29, 1.82) is 0 Å². The molecule has 0 aromatic rings. The van der Waals surface area contributed by atoms with Crippen LogP contribution in [-0.2, 0) is 9.59 Å². The van der Waals surface area contributed by atoms with Gasteiger partial charge >= 0.3 is 11.9 Å². The summed E-state index contributed by atoms with van der Waals surface area (Å²) in [7, 11) is 0. The van der Waals surface area contributed by atoms with Gasteiger partial charge in [-0.1, -0.05) is 12.2 Å². The molecule has 0 saturated carbocycles. The van der Waals surface area contributed by atoms with Crippen molar-refractivity contribution >= 4 is 11.9 Å². The topological polar surface area (TPSA) is 74.6 Å². The summed E-state index contributed by atoms with van der Waals surface area (Å²) in [5.74, 6) is -3.53. The number of aliphatic carboxylic acids is 2. The summed E-state index contributed by atoms with van der Waals surface area (Å²) < 4.78 is 0. The lowest BCUT2D eigenvalue weighted by Crippen LogP contribution is -2.28. The number of hydrogen-bond acceptors (Lipinski definition) is 2. The van der Waals surface area contributed by atoms with Crippen LogP contribution in [0.3, 0.4) is 0 Å². The normalized spacial score (nSPS) is 28.0.